The molecule has 4 aliphatic rings. The normalized spacial score (nSPS) is 31.8. The second-order valence-corrected chi connectivity index (χ2v) is 8.81. The fourth-order valence-electron chi connectivity index (χ4n) is 5.84. The third-order valence-corrected chi connectivity index (χ3v) is 6.74. The lowest BCUT2D eigenvalue weighted by atomic mass is 9.53. The van der Waals surface area contributed by atoms with Crippen molar-refractivity contribution in [2.24, 2.45) is 17.8 Å². The van der Waals surface area contributed by atoms with Crippen molar-refractivity contribution >= 4 is 17.3 Å². The van der Waals surface area contributed by atoms with Crippen LogP contribution in [0.15, 0.2) is 12.1 Å². The van der Waals surface area contributed by atoms with Crippen LogP contribution < -0.4 is 10.6 Å². The maximum atomic E-state index is 12.5. The summed E-state index contributed by atoms with van der Waals surface area (Å²) in [4.78, 5) is 23.3. The summed E-state index contributed by atoms with van der Waals surface area (Å²) < 4.78 is 0. The number of hydrogen-bond acceptors (Lipinski definition) is 4. The Morgan fingerprint density at radius 3 is 2.19 bits per heavy atom. The Labute approximate surface area is 153 Å². The molecule has 2 N–H and O–H groups in total. The lowest BCUT2D eigenvalue weighted by Crippen LogP contribution is -2.59. The largest absolute Gasteiger partial charge is 0.319 e. The molecule has 4 aliphatic carbocycles. The van der Waals surface area contributed by atoms with Gasteiger partial charge in [-0.15, -0.1) is 0 Å². The monoisotopic (exact) mass is 357 g/mol. The van der Waals surface area contributed by atoms with Gasteiger partial charge in [-0.3, -0.25) is 14.9 Å². The van der Waals surface area contributed by atoms with Crippen LogP contribution >= 0.6 is 0 Å². The molecule has 140 valence electrons. The molecule has 4 bridgehead atoms. The van der Waals surface area contributed by atoms with Gasteiger partial charge in [-0.1, -0.05) is 0 Å². The van der Waals surface area contributed by atoms with Crippen LogP contribution in [-0.2, 0) is 4.79 Å². The Balaban J connectivity index is 1.42. The van der Waals surface area contributed by atoms with Gasteiger partial charge in [-0.25, -0.2) is 0 Å². The Morgan fingerprint density at radius 1 is 1.12 bits per heavy atom. The van der Waals surface area contributed by atoms with Crippen LogP contribution in [0, 0.1) is 41.7 Å². The maximum Gasteiger partial charge on any atom is 0.293 e. The van der Waals surface area contributed by atoms with Crippen molar-refractivity contribution in [3.63, 3.8) is 0 Å². The number of nitrogens with one attached hydrogen (secondary N) is 2. The van der Waals surface area contributed by atoms with Gasteiger partial charge < -0.3 is 10.6 Å². The number of amides is 1. The average Bonchev–Trinajstić information content (AvgIpc) is 2.55. The first-order chi connectivity index (χ1) is 12.3. The third-order valence-electron chi connectivity index (χ3n) is 6.74. The molecule has 1 aromatic rings. The van der Waals surface area contributed by atoms with E-state index in [0.717, 1.165) is 28.9 Å². The number of aryl methyl sites for hydroxylation is 2. The molecule has 1 aromatic carbocycles. The summed E-state index contributed by atoms with van der Waals surface area (Å²) >= 11 is 0. The van der Waals surface area contributed by atoms with E-state index >= 15 is 0 Å². The van der Waals surface area contributed by atoms with E-state index in [0.29, 0.717) is 0 Å². The maximum absolute atomic E-state index is 12.5. The van der Waals surface area contributed by atoms with Gasteiger partial charge in [0.1, 0.15) is 5.69 Å². The smallest absolute Gasteiger partial charge is 0.293 e. The highest BCUT2D eigenvalue weighted by atomic mass is 16.6. The van der Waals surface area contributed by atoms with Gasteiger partial charge in [0.25, 0.3) is 5.69 Å². The minimum atomic E-state index is -0.436. The molecule has 0 aliphatic heterocycles. The minimum absolute atomic E-state index is 0.0451. The summed E-state index contributed by atoms with van der Waals surface area (Å²) in [7, 11) is 0. The van der Waals surface area contributed by atoms with E-state index < -0.39 is 4.92 Å². The molecular formula is C20H27N3O3. The summed E-state index contributed by atoms with van der Waals surface area (Å²) in [5, 5.41) is 17.6. The highest BCUT2D eigenvalue weighted by Gasteiger charge is 2.50. The Kier molecular flexibility index (Phi) is 4.26. The Morgan fingerprint density at radius 2 is 1.65 bits per heavy atom. The predicted octanol–water partition coefficient (Wildman–Crippen LogP) is 3.71. The molecule has 5 rings (SSSR count). The van der Waals surface area contributed by atoms with Crippen LogP contribution in [0.25, 0.3) is 0 Å². The molecule has 6 nitrogen and oxygen atoms in total. The number of benzene rings is 1. The van der Waals surface area contributed by atoms with Crippen LogP contribution in [0.1, 0.15) is 49.7 Å². The summed E-state index contributed by atoms with van der Waals surface area (Å²) in [6, 6.07) is 3.22. The third kappa shape index (κ3) is 3.22. The molecular weight excluding hydrogens is 330 g/mol. The standard InChI is InChI=1S/C20H27N3O3/c1-12-3-17(18(23(25)26)4-13(12)2)22-19(24)11-21-20-8-14-5-15(9-20)7-16(6-14)10-20/h3-4,14-16,21H,5-11H2,1-2H3,(H,22,24). The molecule has 0 heterocycles. The van der Waals surface area contributed by atoms with Gasteiger partial charge in [0, 0.05) is 11.6 Å². The predicted molar refractivity (Wildman–Crippen MR) is 100 cm³/mol. The lowest BCUT2D eigenvalue weighted by Gasteiger charge is -2.57. The second kappa shape index (κ2) is 6.34. The molecule has 4 fully saturated rings. The van der Waals surface area contributed by atoms with Crippen molar-refractivity contribution in [1.82, 2.24) is 5.32 Å². The summed E-state index contributed by atoms with van der Waals surface area (Å²) in [6.07, 6.45) is 7.62. The van der Waals surface area contributed by atoms with Gasteiger partial charge in [0.05, 0.1) is 11.5 Å². The van der Waals surface area contributed by atoms with Crippen LogP contribution in [0.4, 0.5) is 11.4 Å². The molecule has 0 atom stereocenters. The molecule has 26 heavy (non-hydrogen) atoms. The Bertz CT molecular complexity index is 724. The van der Waals surface area contributed by atoms with Gasteiger partial charge in [-0.2, -0.15) is 0 Å². The first kappa shape index (κ1) is 17.5. The van der Waals surface area contributed by atoms with Crippen molar-refractivity contribution < 1.29 is 9.72 Å². The fourth-order valence-corrected chi connectivity index (χ4v) is 5.84. The van der Waals surface area contributed by atoms with Gasteiger partial charge >= 0.3 is 0 Å². The minimum Gasteiger partial charge on any atom is -0.319 e. The van der Waals surface area contributed by atoms with Crippen molar-refractivity contribution in [2.45, 2.75) is 57.9 Å². The SMILES string of the molecule is Cc1cc(NC(=O)CNC23CC4CC(CC(C4)C2)C3)c([N+](=O)[O-])cc1C. The quantitative estimate of drug-likeness (QED) is 0.621. The molecule has 0 aromatic heterocycles. The number of nitro groups is 1. The van der Waals surface area contributed by atoms with Gasteiger partial charge in [-0.05, 0) is 87.3 Å². The van der Waals surface area contributed by atoms with Crippen molar-refractivity contribution in [3.8, 4) is 0 Å². The topological polar surface area (TPSA) is 84.3 Å². The lowest BCUT2D eigenvalue weighted by molar-refractivity contribution is -0.384. The van der Waals surface area contributed by atoms with E-state index in [9.17, 15) is 14.9 Å². The number of carbonyl (C=O) groups is 1. The first-order valence-electron chi connectivity index (χ1n) is 9.64. The number of carbonyl (C=O) groups excluding carboxylic acids is 1. The molecule has 0 saturated heterocycles. The molecule has 4 saturated carbocycles. The summed E-state index contributed by atoms with van der Waals surface area (Å²) in [5.74, 6) is 2.25. The highest BCUT2D eigenvalue weighted by Crippen LogP contribution is 2.55. The van der Waals surface area contributed by atoms with Crippen LogP contribution in [-0.4, -0.2) is 22.9 Å². The highest BCUT2D eigenvalue weighted by molar-refractivity contribution is 5.94. The molecule has 0 radical (unpaired) electrons. The summed E-state index contributed by atoms with van der Waals surface area (Å²) in [5.41, 5.74) is 2.13. The van der Waals surface area contributed by atoms with Crippen LogP contribution in [0.5, 0.6) is 0 Å². The second-order valence-electron chi connectivity index (χ2n) is 8.81. The number of anilines is 1. The zero-order valence-electron chi connectivity index (χ0n) is 15.5. The van der Waals surface area contributed by atoms with Crippen LogP contribution in [0.2, 0.25) is 0 Å². The van der Waals surface area contributed by atoms with E-state index in [1.54, 1.807) is 6.07 Å². The van der Waals surface area contributed by atoms with Crippen molar-refractivity contribution in [1.29, 1.82) is 0 Å². The van der Waals surface area contributed by atoms with E-state index in [1.165, 1.54) is 44.6 Å². The molecule has 0 spiro atoms. The zero-order valence-corrected chi connectivity index (χ0v) is 15.5. The summed E-state index contributed by atoms with van der Waals surface area (Å²) in [6.45, 7) is 3.95. The molecule has 0 unspecified atom stereocenters. The van der Waals surface area contributed by atoms with E-state index in [1.807, 2.05) is 13.8 Å². The van der Waals surface area contributed by atoms with Crippen LogP contribution in [0.3, 0.4) is 0 Å². The van der Waals surface area contributed by atoms with E-state index in [4.69, 9.17) is 0 Å². The molecule has 1 amide bonds. The Hall–Kier alpha value is -1.95. The first-order valence-corrected chi connectivity index (χ1v) is 9.64. The number of nitrogens with zero attached hydrogens (tertiary/aromatic N) is 1. The molecule has 6 heteroatoms. The van der Waals surface area contributed by atoms with Crippen molar-refractivity contribution in [2.75, 3.05) is 11.9 Å². The van der Waals surface area contributed by atoms with E-state index in [-0.39, 0.29) is 29.4 Å². The number of rotatable bonds is 5. The van der Waals surface area contributed by atoms with Gasteiger partial charge in [0.2, 0.25) is 5.91 Å². The fraction of sp³-hybridized carbons (Fsp3) is 0.650. The zero-order chi connectivity index (χ0) is 18.5. The van der Waals surface area contributed by atoms with Gasteiger partial charge in [0.15, 0.2) is 0 Å². The average molecular weight is 357 g/mol. The van der Waals surface area contributed by atoms with Crippen molar-refractivity contribution in [3.05, 3.63) is 33.4 Å². The number of nitro benzene ring substituents is 1. The van der Waals surface area contributed by atoms with E-state index in [2.05, 4.69) is 10.6 Å². The number of hydrogen-bond donors (Lipinski definition) is 2.